The van der Waals surface area contributed by atoms with Crippen LogP contribution in [0.5, 0.6) is 0 Å². The number of rotatable bonds is 5. The molecule has 110 valence electrons. The van der Waals surface area contributed by atoms with Crippen molar-refractivity contribution in [1.82, 2.24) is 24.4 Å². The summed E-state index contributed by atoms with van der Waals surface area (Å²) in [5.41, 5.74) is -0.1000. The number of aromatic nitrogens is 4. The Bertz CT molecular complexity index is 856. The van der Waals surface area contributed by atoms with Gasteiger partial charge in [-0.25, -0.2) is 9.78 Å². The van der Waals surface area contributed by atoms with Crippen LogP contribution in [0, 0.1) is 0 Å². The van der Waals surface area contributed by atoms with Crippen LogP contribution in [0.2, 0.25) is 0 Å². The third-order valence-corrected chi connectivity index (χ3v) is 3.29. The monoisotopic (exact) mass is 289 g/mol. The molecule has 0 unspecified atom stereocenters. The van der Waals surface area contributed by atoms with Gasteiger partial charge in [0.05, 0.1) is 19.1 Å². The molecule has 0 radical (unpaired) electrons. The molecule has 3 aromatic heterocycles. The van der Waals surface area contributed by atoms with E-state index in [0.717, 1.165) is 5.76 Å². The van der Waals surface area contributed by atoms with E-state index in [1.165, 1.54) is 4.57 Å². The van der Waals surface area contributed by atoms with Crippen molar-refractivity contribution in [2.75, 3.05) is 6.54 Å². The predicted octanol–water partition coefficient (Wildman–Crippen LogP) is -0.194. The lowest BCUT2D eigenvalue weighted by molar-refractivity contribution is 0.477. The van der Waals surface area contributed by atoms with Gasteiger partial charge >= 0.3 is 5.69 Å². The van der Waals surface area contributed by atoms with E-state index in [2.05, 4.69) is 15.3 Å². The molecule has 0 aliphatic carbocycles. The molecule has 0 saturated heterocycles. The third kappa shape index (κ3) is 2.52. The first-order valence-electron chi connectivity index (χ1n) is 6.54. The molecule has 0 fully saturated rings. The number of imidazole rings is 1. The van der Waals surface area contributed by atoms with Crippen LogP contribution in [0.1, 0.15) is 5.76 Å². The van der Waals surface area contributed by atoms with E-state index in [1.807, 2.05) is 12.1 Å². The van der Waals surface area contributed by atoms with Gasteiger partial charge in [-0.15, -0.1) is 0 Å². The maximum absolute atomic E-state index is 11.9. The van der Waals surface area contributed by atoms with Gasteiger partial charge in [0.25, 0.3) is 5.56 Å². The van der Waals surface area contributed by atoms with Gasteiger partial charge in [0, 0.05) is 20.1 Å². The molecule has 2 N–H and O–H groups in total. The summed E-state index contributed by atoms with van der Waals surface area (Å²) < 4.78 is 8.26. The van der Waals surface area contributed by atoms with Crippen molar-refractivity contribution in [2.45, 2.75) is 13.1 Å². The fourth-order valence-electron chi connectivity index (χ4n) is 2.18. The Morgan fingerprint density at radius 3 is 3.05 bits per heavy atom. The fourth-order valence-corrected chi connectivity index (χ4v) is 2.18. The molecule has 3 aromatic rings. The number of hydrogen-bond donors (Lipinski definition) is 2. The van der Waals surface area contributed by atoms with Gasteiger partial charge in [-0.05, 0) is 12.1 Å². The zero-order chi connectivity index (χ0) is 14.8. The van der Waals surface area contributed by atoms with Gasteiger partial charge in [-0.3, -0.25) is 14.3 Å². The Morgan fingerprint density at radius 1 is 1.43 bits per heavy atom. The number of nitrogens with zero attached hydrogens (tertiary/aromatic N) is 3. The van der Waals surface area contributed by atoms with Crippen LogP contribution in [-0.4, -0.2) is 25.6 Å². The van der Waals surface area contributed by atoms with Crippen LogP contribution in [0.25, 0.3) is 11.2 Å². The fraction of sp³-hybridized carbons (Fsp3) is 0.308. The predicted molar refractivity (Wildman–Crippen MR) is 76.0 cm³/mol. The molecule has 8 heteroatoms. The van der Waals surface area contributed by atoms with Crippen LogP contribution in [0.3, 0.4) is 0 Å². The largest absolute Gasteiger partial charge is 0.468 e. The van der Waals surface area contributed by atoms with Gasteiger partial charge < -0.3 is 14.3 Å². The van der Waals surface area contributed by atoms with E-state index in [0.29, 0.717) is 30.8 Å². The van der Waals surface area contributed by atoms with Gasteiger partial charge in [-0.1, -0.05) is 0 Å². The first-order chi connectivity index (χ1) is 10.2. The standard InChI is InChI=1S/C13H15N5O3/c1-17-11-10(12(19)16-13(17)20)18(8-15-11)5-4-14-7-9-3-2-6-21-9/h2-3,6,8,14H,4-5,7H2,1H3,(H,16,19,20). The van der Waals surface area contributed by atoms with Crippen molar-refractivity contribution in [3.63, 3.8) is 0 Å². The summed E-state index contributed by atoms with van der Waals surface area (Å²) in [6.07, 6.45) is 3.19. The second-order valence-corrected chi connectivity index (χ2v) is 4.68. The molecule has 0 amide bonds. The van der Waals surface area contributed by atoms with Crippen molar-refractivity contribution in [3.05, 3.63) is 51.3 Å². The van der Waals surface area contributed by atoms with E-state index >= 15 is 0 Å². The van der Waals surface area contributed by atoms with E-state index in [9.17, 15) is 9.59 Å². The third-order valence-electron chi connectivity index (χ3n) is 3.29. The van der Waals surface area contributed by atoms with E-state index < -0.39 is 11.2 Å². The number of nitrogens with one attached hydrogen (secondary N) is 2. The molecular formula is C13H15N5O3. The summed E-state index contributed by atoms with van der Waals surface area (Å²) in [4.78, 5) is 29.8. The van der Waals surface area contributed by atoms with Crippen molar-refractivity contribution >= 4 is 11.2 Å². The first kappa shape index (κ1) is 13.4. The normalized spacial score (nSPS) is 11.3. The van der Waals surface area contributed by atoms with Gasteiger partial charge in [-0.2, -0.15) is 0 Å². The maximum Gasteiger partial charge on any atom is 0.329 e. The van der Waals surface area contributed by atoms with E-state index in [4.69, 9.17) is 4.42 Å². The molecule has 21 heavy (non-hydrogen) atoms. The van der Waals surface area contributed by atoms with Crippen LogP contribution in [0.4, 0.5) is 0 Å². The average Bonchev–Trinajstić information content (AvgIpc) is 3.11. The van der Waals surface area contributed by atoms with Crippen molar-refractivity contribution in [1.29, 1.82) is 0 Å². The summed E-state index contributed by atoms with van der Waals surface area (Å²) in [6.45, 7) is 1.83. The van der Waals surface area contributed by atoms with Gasteiger partial charge in [0.1, 0.15) is 5.76 Å². The molecule has 3 rings (SSSR count). The highest BCUT2D eigenvalue weighted by molar-refractivity contribution is 5.69. The Morgan fingerprint density at radius 2 is 2.29 bits per heavy atom. The number of hydrogen-bond acceptors (Lipinski definition) is 5. The Kier molecular flexibility index (Phi) is 3.44. The second-order valence-electron chi connectivity index (χ2n) is 4.68. The van der Waals surface area contributed by atoms with E-state index in [1.54, 1.807) is 24.2 Å². The Hall–Kier alpha value is -2.61. The average molecular weight is 289 g/mol. The molecule has 0 atom stereocenters. The molecule has 0 aliphatic heterocycles. The maximum atomic E-state index is 11.9. The summed E-state index contributed by atoms with van der Waals surface area (Å²) in [5, 5.41) is 3.21. The minimum atomic E-state index is -0.464. The highest BCUT2D eigenvalue weighted by atomic mass is 16.3. The van der Waals surface area contributed by atoms with Gasteiger partial charge in [0.15, 0.2) is 11.2 Å². The molecule has 0 bridgehead atoms. The molecule has 0 spiro atoms. The van der Waals surface area contributed by atoms with Crippen LogP contribution >= 0.6 is 0 Å². The molecule has 3 heterocycles. The zero-order valence-electron chi connectivity index (χ0n) is 11.5. The van der Waals surface area contributed by atoms with Crippen LogP contribution in [-0.2, 0) is 20.1 Å². The number of aryl methyl sites for hydroxylation is 1. The van der Waals surface area contributed by atoms with Gasteiger partial charge in [0.2, 0.25) is 0 Å². The smallest absolute Gasteiger partial charge is 0.329 e. The zero-order valence-corrected chi connectivity index (χ0v) is 11.5. The topological polar surface area (TPSA) is 97.9 Å². The Balaban J connectivity index is 1.74. The Labute approximate surface area is 119 Å². The lowest BCUT2D eigenvalue weighted by Crippen LogP contribution is -2.29. The van der Waals surface area contributed by atoms with Crippen LogP contribution < -0.4 is 16.6 Å². The SMILES string of the molecule is Cn1c(=O)[nH]c(=O)c2c1ncn2CCNCc1ccco1. The number of H-pyrrole nitrogens is 1. The second kappa shape index (κ2) is 5.41. The summed E-state index contributed by atoms with van der Waals surface area (Å²) in [6, 6.07) is 3.72. The molecule has 8 nitrogen and oxygen atoms in total. The highest BCUT2D eigenvalue weighted by Crippen LogP contribution is 2.04. The van der Waals surface area contributed by atoms with Crippen molar-refractivity contribution in [2.24, 2.45) is 7.05 Å². The number of aromatic amines is 1. The first-order valence-corrected chi connectivity index (χ1v) is 6.54. The lowest BCUT2D eigenvalue weighted by Gasteiger charge is -2.05. The minimum Gasteiger partial charge on any atom is -0.468 e. The lowest BCUT2D eigenvalue weighted by atomic mass is 10.4. The van der Waals surface area contributed by atoms with Crippen LogP contribution in [0.15, 0.2) is 38.7 Å². The van der Waals surface area contributed by atoms with Crippen molar-refractivity contribution < 1.29 is 4.42 Å². The highest BCUT2D eigenvalue weighted by Gasteiger charge is 2.10. The summed E-state index contributed by atoms with van der Waals surface area (Å²) in [7, 11) is 1.58. The number of fused-ring (bicyclic) bond motifs is 1. The minimum absolute atomic E-state index is 0.384. The van der Waals surface area contributed by atoms with Crippen molar-refractivity contribution in [3.8, 4) is 0 Å². The molecule has 0 aromatic carbocycles. The number of furan rings is 1. The summed E-state index contributed by atoms with van der Waals surface area (Å²) in [5.74, 6) is 0.853. The summed E-state index contributed by atoms with van der Waals surface area (Å²) >= 11 is 0. The molecular weight excluding hydrogens is 274 g/mol. The molecule has 0 aliphatic rings. The van der Waals surface area contributed by atoms with E-state index in [-0.39, 0.29) is 0 Å². The molecule has 0 saturated carbocycles. The quantitative estimate of drug-likeness (QED) is 0.634.